The zero-order chi connectivity index (χ0) is 23.0. The van der Waals surface area contributed by atoms with Crippen molar-refractivity contribution in [3.05, 3.63) is 113 Å². The van der Waals surface area contributed by atoms with E-state index in [4.69, 9.17) is 4.74 Å². The van der Waals surface area contributed by atoms with Gasteiger partial charge in [-0.15, -0.1) is 0 Å². The molecular formula is C29H21N3O. The molecule has 0 aliphatic carbocycles. The van der Waals surface area contributed by atoms with Crippen LogP contribution in [0.3, 0.4) is 0 Å². The zero-order valence-electron chi connectivity index (χ0n) is 18.4. The van der Waals surface area contributed by atoms with Crippen LogP contribution in [0.5, 0.6) is 11.5 Å². The fourth-order valence-corrected chi connectivity index (χ4v) is 4.57. The molecule has 0 N–H and O–H groups in total. The Morgan fingerprint density at radius 1 is 0.667 bits per heavy atom. The Bertz CT molecular complexity index is 1370. The smallest absolute Gasteiger partial charge is 0.151 e. The molecule has 0 bridgehead atoms. The highest BCUT2D eigenvalue weighted by molar-refractivity contribution is 5.88. The van der Waals surface area contributed by atoms with Crippen molar-refractivity contribution in [1.82, 2.24) is 0 Å². The number of benzene rings is 4. The maximum atomic E-state index is 9.35. The summed E-state index contributed by atoms with van der Waals surface area (Å²) in [5, 5.41) is 18.7. The number of fused-ring (bicyclic) bond motifs is 2. The van der Waals surface area contributed by atoms with Gasteiger partial charge in [-0.05, 0) is 53.6 Å². The first-order chi connectivity index (χ1) is 16.0. The lowest BCUT2D eigenvalue weighted by Gasteiger charge is -2.42. The number of hydrogen-bond donors (Lipinski definition) is 0. The van der Waals surface area contributed by atoms with Crippen molar-refractivity contribution in [3.63, 3.8) is 0 Å². The van der Waals surface area contributed by atoms with Gasteiger partial charge in [0.2, 0.25) is 0 Å². The minimum Gasteiger partial charge on any atom is -0.455 e. The van der Waals surface area contributed by atoms with E-state index in [9.17, 15) is 10.5 Å². The first kappa shape index (κ1) is 20.4. The van der Waals surface area contributed by atoms with Gasteiger partial charge in [-0.3, -0.25) is 0 Å². The summed E-state index contributed by atoms with van der Waals surface area (Å²) in [5.41, 5.74) is 6.17. The van der Waals surface area contributed by atoms with E-state index in [2.05, 4.69) is 79.4 Å². The van der Waals surface area contributed by atoms with E-state index in [1.54, 1.807) is 18.2 Å². The second kappa shape index (κ2) is 7.86. The molecular weight excluding hydrogens is 406 g/mol. The number of nitriles is 2. The normalized spacial score (nSPS) is 13.3. The quantitative estimate of drug-likeness (QED) is 0.343. The highest BCUT2D eigenvalue weighted by Crippen LogP contribution is 2.53. The number of anilines is 3. The minimum absolute atomic E-state index is 0.150. The number of para-hydroxylation sites is 4. The van der Waals surface area contributed by atoms with E-state index in [1.165, 1.54) is 11.1 Å². The van der Waals surface area contributed by atoms with Gasteiger partial charge in [0.15, 0.2) is 5.75 Å². The SMILES string of the molecule is CC1(C)c2ccccc2N(c2ccccc2Oc2cc(C#N)cc(C#N)c2)c2ccccc21. The highest BCUT2D eigenvalue weighted by atomic mass is 16.5. The van der Waals surface area contributed by atoms with E-state index in [0.717, 1.165) is 17.1 Å². The largest absolute Gasteiger partial charge is 0.455 e. The topological polar surface area (TPSA) is 60.0 Å². The summed E-state index contributed by atoms with van der Waals surface area (Å²) >= 11 is 0. The van der Waals surface area contributed by atoms with Crippen molar-refractivity contribution in [3.8, 4) is 23.6 Å². The predicted molar refractivity (Wildman–Crippen MR) is 129 cm³/mol. The maximum absolute atomic E-state index is 9.35. The zero-order valence-corrected chi connectivity index (χ0v) is 18.4. The third kappa shape index (κ3) is 3.39. The van der Waals surface area contributed by atoms with Crippen LogP contribution < -0.4 is 9.64 Å². The van der Waals surface area contributed by atoms with Crippen molar-refractivity contribution >= 4 is 17.1 Å². The lowest BCUT2D eigenvalue weighted by molar-refractivity contribution is 0.483. The Kier molecular flexibility index (Phi) is 4.85. The van der Waals surface area contributed by atoms with Gasteiger partial charge < -0.3 is 9.64 Å². The van der Waals surface area contributed by atoms with Crippen molar-refractivity contribution < 1.29 is 4.74 Å². The fraction of sp³-hybridized carbons (Fsp3) is 0.103. The van der Waals surface area contributed by atoms with Gasteiger partial charge in [-0.1, -0.05) is 62.4 Å². The van der Waals surface area contributed by atoms with Crippen LogP contribution in [-0.4, -0.2) is 0 Å². The molecule has 0 fully saturated rings. The van der Waals surface area contributed by atoms with Gasteiger partial charge in [-0.25, -0.2) is 0 Å². The molecule has 4 aromatic carbocycles. The Morgan fingerprint density at radius 3 is 1.70 bits per heavy atom. The van der Waals surface area contributed by atoms with Crippen LogP contribution in [0.25, 0.3) is 0 Å². The summed E-state index contributed by atoms with van der Waals surface area (Å²) in [6.45, 7) is 4.50. The Labute approximate surface area is 193 Å². The van der Waals surface area contributed by atoms with Crippen molar-refractivity contribution in [2.75, 3.05) is 4.90 Å². The number of nitrogens with zero attached hydrogens (tertiary/aromatic N) is 3. The molecule has 0 radical (unpaired) electrons. The minimum atomic E-state index is -0.150. The molecule has 1 aliphatic heterocycles. The molecule has 0 saturated carbocycles. The Balaban J connectivity index is 1.69. The maximum Gasteiger partial charge on any atom is 0.151 e. The summed E-state index contributed by atoms with van der Waals surface area (Å²) in [5.74, 6) is 1.10. The van der Waals surface area contributed by atoms with Crippen LogP contribution >= 0.6 is 0 Å². The molecule has 0 unspecified atom stereocenters. The number of ether oxygens (including phenoxy) is 1. The van der Waals surface area contributed by atoms with Gasteiger partial charge in [0, 0.05) is 5.41 Å². The first-order valence-electron chi connectivity index (χ1n) is 10.7. The van der Waals surface area contributed by atoms with Crippen LogP contribution in [0, 0.1) is 22.7 Å². The lowest BCUT2D eigenvalue weighted by Crippen LogP contribution is -2.30. The van der Waals surface area contributed by atoms with Gasteiger partial charge in [0.25, 0.3) is 0 Å². The standard InChI is InChI=1S/C29H21N3O/c1-29(2)23-9-3-5-11-25(23)32(26-12-6-4-10-24(26)29)27-13-7-8-14-28(27)33-22-16-20(18-30)15-21(17-22)19-31/h3-17H,1-2H3. The van der Waals surface area contributed by atoms with Gasteiger partial charge in [0.05, 0.1) is 40.3 Å². The molecule has 4 heteroatoms. The summed E-state index contributed by atoms with van der Waals surface area (Å²) in [7, 11) is 0. The summed E-state index contributed by atoms with van der Waals surface area (Å²) in [6, 6.07) is 33.8. The molecule has 0 saturated heterocycles. The molecule has 1 heterocycles. The van der Waals surface area contributed by atoms with Crippen LogP contribution in [0.15, 0.2) is 91.0 Å². The van der Waals surface area contributed by atoms with E-state index in [1.807, 2.05) is 24.3 Å². The van der Waals surface area contributed by atoms with Gasteiger partial charge in [0.1, 0.15) is 5.75 Å². The average molecular weight is 428 g/mol. The third-order valence-electron chi connectivity index (χ3n) is 6.14. The summed E-state index contributed by atoms with van der Waals surface area (Å²) in [6.07, 6.45) is 0. The average Bonchev–Trinajstić information content (AvgIpc) is 2.85. The molecule has 33 heavy (non-hydrogen) atoms. The molecule has 4 nitrogen and oxygen atoms in total. The third-order valence-corrected chi connectivity index (χ3v) is 6.14. The van der Waals surface area contributed by atoms with E-state index in [0.29, 0.717) is 22.6 Å². The van der Waals surface area contributed by atoms with Crippen LogP contribution in [0.2, 0.25) is 0 Å². The van der Waals surface area contributed by atoms with Crippen molar-refractivity contribution in [1.29, 1.82) is 10.5 Å². The number of hydrogen-bond acceptors (Lipinski definition) is 4. The van der Waals surface area contributed by atoms with E-state index < -0.39 is 0 Å². The van der Waals surface area contributed by atoms with Crippen molar-refractivity contribution in [2.24, 2.45) is 0 Å². The van der Waals surface area contributed by atoms with E-state index >= 15 is 0 Å². The van der Waals surface area contributed by atoms with E-state index in [-0.39, 0.29) is 5.41 Å². The Morgan fingerprint density at radius 2 is 1.15 bits per heavy atom. The van der Waals surface area contributed by atoms with Crippen LogP contribution in [-0.2, 0) is 5.41 Å². The van der Waals surface area contributed by atoms with Gasteiger partial charge in [-0.2, -0.15) is 10.5 Å². The number of rotatable bonds is 3. The molecule has 4 aromatic rings. The monoisotopic (exact) mass is 427 g/mol. The molecule has 0 atom stereocenters. The second-order valence-electron chi connectivity index (χ2n) is 8.53. The van der Waals surface area contributed by atoms with Crippen LogP contribution in [0.4, 0.5) is 17.1 Å². The summed E-state index contributed by atoms with van der Waals surface area (Å²) < 4.78 is 6.29. The van der Waals surface area contributed by atoms with Crippen LogP contribution in [0.1, 0.15) is 36.1 Å². The first-order valence-corrected chi connectivity index (χ1v) is 10.7. The second-order valence-corrected chi connectivity index (χ2v) is 8.53. The summed E-state index contributed by atoms with van der Waals surface area (Å²) in [4.78, 5) is 2.23. The molecule has 0 spiro atoms. The fourth-order valence-electron chi connectivity index (χ4n) is 4.57. The molecule has 0 aromatic heterocycles. The molecule has 5 rings (SSSR count). The predicted octanol–water partition coefficient (Wildman–Crippen LogP) is 7.33. The highest BCUT2D eigenvalue weighted by Gasteiger charge is 2.37. The Hall–Kier alpha value is -4.54. The van der Waals surface area contributed by atoms with Crippen molar-refractivity contribution in [2.45, 2.75) is 19.3 Å². The molecule has 1 aliphatic rings. The lowest BCUT2D eigenvalue weighted by atomic mass is 9.73. The van der Waals surface area contributed by atoms with Gasteiger partial charge >= 0.3 is 0 Å². The molecule has 0 amide bonds. The molecule has 158 valence electrons.